The number of halogens is 1. The van der Waals surface area contributed by atoms with Gasteiger partial charge in [0.15, 0.2) is 0 Å². The van der Waals surface area contributed by atoms with E-state index in [0.29, 0.717) is 41.3 Å². The highest BCUT2D eigenvalue weighted by molar-refractivity contribution is 5.95. The molecule has 7 heteroatoms. The Hall–Kier alpha value is -3.66. The largest absolute Gasteiger partial charge is 0.487 e. The van der Waals surface area contributed by atoms with Gasteiger partial charge < -0.3 is 9.64 Å². The topological polar surface area (TPSA) is 71.2 Å². The van der Waals surface area contributed by atoms with E-state index < -0.39 is 0 Å². The van der Waals surface area contributed by atoms with E-state index in [1.165, 1.54) is 18.3 Å². The Balaban J connectivity index is 1.39. The van der Waals surface area contributed by atoms with Crippen LogP contribution in [0.3, 0.4) is 0 Å². The third-order valence-corrected chi connectivity index (χ3v) is 4.73. The molecule has 0 atom stereocenters. The smallest absolute Gasteiger partial charge is 0.257 e. The lowest BCUT2D eigenvalue weighted by Crippen LogP contribution is -2.56. The molecule has 2 aromatic carbocycles. The zero-order valence-corrected chi connectivity index (χ0v) is 15.2. The van der Waals surface area contributed by atoms with Crippen molar-refractivity contribution in [1.82, 2.24) is 14.7 Å². The van der Waals surface area contributed by atoms with Crippen LogP contribution < -0.4 is 4.74 Å². The molecule has 3 aromatic rings. The van der Waals surface area contributed by atoms with Gasteiger partial charge in [-0.2, -0.15) is 10.4 Å². The number of nitriles is 1. The van der Waals surface area contributed by atoms with Crippen molar-refractivity contribution in [2.75, 3.05) is 13.1 Å². The number of nitrogens with zero attached hydrogens (tertiary/aromatic N) is 4. The first-order chi connectivity index (χ1) is 13.5. The van der Waals surface area contributed by atoms with Crippen LogP contribution in [0.2, 0.25) is 0 Å². The maximum absolute atomic E-state index is 13.1. The van der Waals surface area contributed by atoms with E-state index >= 15 is 0 Å². The van der Waals surface area contributed by atoms with Gasteiger partial charge >= 0.3 is 0 Å². The number of carbonyl (C=O) groups is 1. The second-order valence-electron chi connectivity index (χ2n) is 6.62. The molecule has 0 radical (unpaired) electrons. The van der Waals surface area contributed by atoms with Crippen molar-refractivity contribution in [3.05, 3.63) is 77.4 Å². The predicted molar refractivity (Wildman–Crippen MR) is 99.7 cm³/mol. The number of aromatic nitrogens is 2. The van der Waals surface area contributed by atoms with Crippen molar-refractivity contribution < 1.29 is 13.9 Å². The molecular weight excluding hydrogens is 359 g/mol. The summed E-state index contributed by atoms with van der Waals surface area (Å²) in [6, 6.07) is 14.9. The number of ether oxygens (including phenoxy) is 1. The fraction of sp³-hybridized carbons (Fsp3) is 0.190. The molecule has 6 nitrogen and oxygen atoms in total. The summed E-state index contributed by atoms with van der Waals surface area (Å²) in [6.07, 6.45) is 1.46. The lowest BCUT2D eigenvalue weighted by Gasteiger charge is -2.38. The van der Waals surface area contributed by atoms with Crippen molar-refractivity contribution in [3.63, 3.8) is 0 Å². The third kappa shape index (κ3) is 3.32. The normalized spacial score (nSPS) is 13.7. The Morgan fingerprint density at radius 1 is 1.18 bits per heavy atom. The van der Waals surface area contributed by atoms with Crippen molar-refractivity contribution in [1.29, 1.82) is 5.26 Å². The summed E-state index contributed by atoms with van der Waals surface area (Å²) < 4.78 is 20.6. The molecule has 28 heavy (non-hydrogen) atoms. The molecule has 140 valence electrons. The molecule has 1 fully saturated rings. The van der Waals surface area contributed by atoms with Crippen LogP contribution in [0.15, 0.2) is 54.7 Å². The summed E-state index contributed by atoms with van der Waals surface area (Å²) in [4.78, 5) is 14.5. The highest BCUT2D eigenvalue weighted by Crippen LogP contribution is 2.22. The predicted octanol–water partition coefficient (Wildman–Crippen LogP) is 3.09. The summed E-state index contributed by atoms with van der Waals surface area (Å²) in [5, 5.41) is 13.1. The Bertz CT molecular complexity index is 1050. The molecule has 1 aliphatic rings. The van der Waals surface area contributed by atoms with Crippen molar-refractivity contribution in [3.8, 4) is 17.5 Å². The SMILES string of the molecule is Cc1c(C(=O)N2CC(Oc3ccc(C#N)cc3)C2)cnn1-c1ccc(F)cc1. The first-order valence-corrected chi connectivity index (χ1v) is 8.82. The van der Waals surface area contributed by atoms with Gasteiger partial charge in [-0.1, -0.05) is 0 Å². The third-order valence-electron chi connectivity index (χ3n) is 4.73. The summed E-state index contributed by atoms with van der Waals surface area (Å²) >= 11 is 0. The minimum atomic E-state index is -0.321. The van der Waals surface area contributed by atoms with Crippen LogP contribution in [0.25, 0.3) is 5.69 Å². The van der Waals surface area contributed by atoms with Gasteiger partial charge in [0.25, 0.3) is 5.91 Å². The Kier molecular flexibility index (Phi) is 4.53. The number of carbonyl (C=O) groups excluding carboxylic acids is 1. The fourth-order valence-corrected chi connectivity index (χ4v) is 3.11. The fourth-order valence-electron chi connectivity index (χ4n) is 3.11. The van der Waals surface area contributed by atoms with Crippen LogP contribution in [0.4, 0.5) is 4.39 Å². The molecule has 1 saturated heterocycles. The van der Waals surface area contributed by atoms with Crippen LogP contribution in [-0.2, 0) is 0 Å². The Labute approximate surface area is 161 Å². The molecule has 4 rings (SSSR count). The molecule has 0 N–H and O–H groups in total. The van der Waals surface area contributed by atoms with Crippen molar-refractivity contribution in [2.45, 2.75) is 13.0 Å². The standard InChI is InChI=1S/C21H17FN4O2/c1-14-20(11-24-26(14)17-6-4-16(22)5-7-17)21(27)25-12-19(13-25)28-18-8-2-15(10-23)3-9-18/h2-9,11,19H,12-13H2,1H3. The lowest BCUT2D eigenvalue weighted by atomic mass is 10.1. The first kappa shape index (κ1) is 17.7. The summed E-state index contributed by atoms with van der Waals surface area (Å²) in [5.41, 5.74) is 2.49. The first-order valence-electron chi connectivity index (χ1n) is 8.82. The van der Waals surface area contributed by atoms with E-state index in [0.717, 1.165) is 0 Å². The highest BCUT2D eigenvalue weighted by Gasteiger charge is 2.34. The quantitative estimate of drug-likeness (QED) is 0.702. The minimum absolute atomic E-state index is 0.0793. The van der Waals surface area contributed by atoms with Crippen LogP contribution in [0.5, 0.6) is 5.75 Å². The average molecular weight is 376 g/mol. The van der Waals surface area contributed by atoms with Gasteiger partial charge in [-0.05, 0) is 55.5 Å². The molecule has 1 aromatic heterocycles. The summed E-state index contributed by atoms with van der Waals surface area (Å²) in [6.45, 7) is 2.79. The van der Waals surface area contributed by atoms with Gasteiger partial charge in [-0.25, -0.2) is 9.07 Å². The van der Waals surface area contributed by atoms with E-state index in [-0.39, 0.29) is 17.8 Å². The molecule has 0 unspecified atom stereocenters. The minimum Gasteiger partial charge on any atom is -0.487 e. The van der Waals surface area contributed by atoms with Gasteiger partial charge in [-0.3, -0.25) is 4.79 Å². The second-order valence-corrected chi connectivity index (χ2v) is 6.62. The highest BCUT2D eigenvalue weighted by atomic mass is 19.1. The Morgan fingerprint density at radius 3 is 2.50 bits per heavy atom. The number of benzene rings is 2. The van der Waals surface area contributed by atoms with Crippen molar-refractivity contribution >= 4 is 5.91 Å². The van der Waals surface area contributed by atoms with E-state index in [4.69, 9.17) is 10.00 Å². The summed E-state index contributed by atoms with van der Waals surface area (Å²) in [5.74, 6) is 0.251. The second kappa shape index (κ2) is 7.16. The number of hydrogen-bond donors (Lipinski definition) is 0. The zero-order valence-electron chi connectivity index (χ0n) is 15.2. The zero-order chi connectivity index (χ0) is 19.7. The van der Waals surface area contributed by atoms with Crippen molar-refractivity contribution in [2.24, 2.45) is 0 Å². The molecule has 0 bridgehead atoms. The molecule has 0 aliphatic carbocycles. The molecule has 1 aliphatic heterocycles. The van der Waals surface area contributed by atoms with Gasteiger partial charge in [0.2, 0.25) is 0 Å². The van der Waals surface area contributed by atoms with Gasteiger partial charge in [0, 0.05) is 0 Å². The van der Waals surface area contributed by atoms with Gasteiger partial charge in [0.05, 0.1) is 47.9 Å². The summed E-state index contributed by atoms with van der Waals surface area (Å²) in [7, 11) is 0. The average Bonchev–Trinajstić information content (AvgIpc) is 3.06. The monoisotopic (exact) mass is 376 g/mol. The van der Waals surface area contributed by atoms with E-state index in [1.807, 2.05) is 6.92 Å². The lowest BCUT2D eigenvalue weighted by molar-refractivity contribution is 0.0177. The van der Waals surface area contributed by atoms with Crippen LogP contribution in [0.1, 0.15) is 21.6 Å². The molecule has 0 saturated carbocycles. The van der Waals surface area contributed by atoms with Gasteiger partial charge in [-0.15, -0.1) is 0 Å². The van der Waals surface area contributed by atoms with Crippen LogP contribution in [-0.4, -0.2) is 39.8 Å². The number of hydrogen-bond acceptors (Lipinski definition) is 4. The Morgan fingerprint density at radius 2 is 1.86 bits per heavy atom. The molecule has 2 heterocycles. The van der Waals surface area contributed by atoms with E-state index in [2.05, 4.69) is 11.2 Å². The van der Waals surface area contributed by atoms with Crippen LogP contribution >= 0.6 is 0 Å². The van der Waals surface area contributed by atoms with E-state index in [1.54, 1.807) is 46.0 Å². The maximum Gasteiger partial charge on any atom is 0.257 e. The molecular formula is C21H17FN4O2. The van der Waals surface area contributed by atoms with Crippen LogP contribution in [0, 0.1) is 24.1 Å². The van der Waals surface area contributed by atoms with Gasteiger partial charge in [0.1, 0.15) is 17.7 Å². The number of rotatable bonds is 4. The maximum atomic E-state index is 13.1. The molecule has 0 spiro atoms. The molecule has 1 amide bonds. The number of amides is 1. The number of likely N-dealkylation sites (tertiary alicyclic amines) is 1. The van der Waals surface area contributed by atoms with E-state index in [9.17, 15) is 9.18 Å².